The first-order valence-electron chi connectivity index (χ1n) is 6.57. The number of rotatable bonds is 2. The van der Waals surface area contributed by atoms with Crippen molar-refractivity contribution in [3.8, 4) is 0 Å². The Morgan fingerprint density at radius 1 is 1.38 bits per heavy atom. The largest absolute Gasteiger partial charge is 0.303 e. The smallest absolute Gasteiger partial charge is 0.120 e. The standard InChI is InChI=1S/C15H24O/c1-11-5-6-13-12(2)15(11,4)8-7-14(13,3)9-10-16/h10-11,13H,2,5-9H2,1,3-4H3/t11-,13-,14-,15+/m1/s1. The zero-order valence-corrected chi connectivity index (χ0v) is 10.9. The molecule has 0 aromatic carbocycles. The summed E-state index contributed by atoms with van der Waals surface area (Å²) in [5, 5.41) is 0. The fourth-order valence-corrected chi connectivity index (χ4v) is 3.95. The fourth-order valence-electron chi connectivity index (χ4n) is 3.95. The molecule has 2 bridgehead atoms. The van der Waals surface area contributed by atoms with Crippen molar-refractivity contribution in [2.45, 2.75) is 52.9 Å². The summed E-state index contributed by atoms with van der Waals surface area (Å²) in [5.74, 6) is 1.34. The van der Waals surface area contributed by atoms with Crippen LogP contribution < -0.4 is 0 Å². The maximum Gasteiger partial charge on any atom is 0.120 e. The third kappa shape index (κ3) is 1.48. The molecule has 0 radical (unpaired) electrons. The quantitative estimate of drug-likeness (QED) is 0.508. The molecule has 0 spiro atoms. The summed E-state index contributed by atoms with van der Waals surface area (Å²) in [6.07, 6.45) is 6.76. The molecular weight excluding hydrogens is 196 g/mol. The number of hydrogen-bond acceptors (Lipinski definition) is 1. The minimum absolute atomic E-state index is 0.193. The van der Waals surface area contributed by atoms with E-state index in [9.17, 15) is 4.79 Å². The molecule has 16 heavy (non-hydrogen) atoms. The second kappa shape index (κ2) is 3.72. The van der Waals surface area contributed by atoms with Crippen molar-refractivity contribution in [3.05, 3.63) is 12.2 Å². The Balaban J connectivity index is 2.31. The molecule has 90 valence electrons. The third-order valence-electron chi connectivity index (χ3n) is 5.74. The van der Waals surface area contributed by atoms with Gasteiger partial charge in [0.05, 0.1) is 0 Å². The van der Waals surface area contributed by atoms with Crippen molar-refractivity contribution in [1.82, 2.24) is 0 Å². The summed E-state index contributed by atoms with van der Waals surface area (Å²) in [6.45, 7) is 11.4. The Morgan fingerprint density at radius 2 is 2.06 bits per heavy atom. The van der Waals surface area contributed by atoms with Gasteiger partial charge in [-0.05, 0) is 48.3 Å². The van der Waals surface area contributed by atoms with Gasteiger partial charge in [0.15, 0.2) is 0 Å². The van der Waals surface area contributed by atoms with Gasteiger partial charge in [0, 0.05) is 6.42 Å². The van der Waals surface area contributed by atoms with Crippen molar-refractivity contribution in [2.24, 2.45) is 22.7 Å². The van der Waals surface area contributed by atoms with Crippen LogP contribution in [0.3, 0.4) is 0 Å². The van der Waals surface area contributed by atoms with Crippen LogP contribution in [-0.2, 0) is 4.79 Å². The van der Waals surface area contributed by atoms with E-state index in [4.69, 9.17) is 0 Å². The summed E-state index contributed by atoms with van der Waals surface area (Å²) in [7, 11) is 0. The molecule has 2 fully saturated rings. The first kappa shape index (κ1) is 11.9. The zero-order chi connectivity index (χ0) is 12.0. The van der Waals surface area contributed by atoms with Crippen LogP contribution in [0.15, 0.2) is 12.2 Å². The minimum Gasteiger partial charge on any atom is -0.303 e. The number of fused-ring (bicyclic) bond motifs is 2. The van der Waals surface area contributed by atoms with Gasteiger partial charge in [-0.15, -0.1) is 0 Å². The monoisotopic (exact) mass is 220 g/mol. The van der Waals surface area contributed by atoms with Gasteiger partial charge in [-0.1, -0.05) is 32.9 Å². The Morgan fingerprint density at radius 3 is 2.69 bits per heavy atom. The summed E-state index contributed by atoms with van der Waals surface area (Å²) in [5.41, 5.74) is 1.96. The van der Waals surface area contributed by atoms with Crippen molar-refractivity contribution < 1.29 is 4.79 Å². The van der Waals surface area contributed by atoms with Crippen LogP contribution in [0.5, 0.6) is 0 Å². The molecular formula is C15H24O. The second-order valence-electron chi connectivity index (χ2n) is 6.50. The molecule has 0 amide bonds. The summed E-state index contributed by atoms with van der Waals surface area (Å²) < 4.78 is 0. The molecule has 1 nitrogen and oxygen atoms in total. The number of aldehydes is 1. The second-order valence-corrected chi connectivity index (χ2v) is 6.50. The SMILES string of the molecule is C=C1[C@H]2CC[C@@H](C)[C@]1(C)CC[C@]2(C)CC=O. The van der Waals surface area contributed by atoms with Gasteiger partial charge in [-0.25, -0.2) is 0 Å². The topological polar surface area (TPSA) is 17.1 Å². The summed E-state index contributed by atoms with van der Waals surface area (Å²) in [4.78, 5) is 10.9. The molecule has 2 rings (SSSR count). The molecule has 0 heterocycles. The predicted molar refractivity (Wildman–Crippen MR) is 67.2 cm³/mol. The molecule has 0 aliphatic heterocycles. The molecule has 0 aromatic rings. The van der Waals surface area contributed by atoms with E-state index in [1.165, 1.54) is 31.3 Å². The van der Waals surface area contributed by atoms with Gasteiger partial charge in [0.25, 0.3) is 0 Å². The Hall–Kier alpha value is -0.590. The molecule has 4 atom stereocenters. The van der Waals surface area contributed by atoms with E-state index in [0.717, 1.165) is 12.2 Å². The average molecular weight is 220 g/mol. The first-order chi connectivity index (χ1) is 7.44. The van der Waals surface area contributed by atoms with Gasteiger partial charge in [0.2, 0.25) is 0 Å². The fraction of sp³-hybridized carbons (Fsp3) is 0.800. The van der Waals surface area contributed by atoms with E-state index in [0.29, 0.717) is 17.8 Å². The van der Waals surface area contributed by atoms with Crippen LogP contribution in [-0.4, -0.2) is 6.29 Å². The van der Waals surface area contributed by atoms with Crippen molar-refractivity contribution in [3.63, 3.8) is 0 Å². The highest BCUT2D eigenvalue weighted by molar-refractivity contribution is 5.51. The lowest BCUT2D eigenvalue weighted by Crippen LogP contribution is -2.47. The van der Waals surface area contributed by atoms with E-state index in [1.54, 1.807) is 0 Å². The molecule has 0 N–H and O–H groups in total. The Labute approximate surface area is 99.3 Å². The molecule has 1 heteroatoms. The number of carbonyl (C=O) groups excluding carboxylic acids is 1. The van der Waals surface area contributed by atoms with Crippen molar-refractivity contribution in [1.29, 1.82) is 0 Å². The van der Waals surface area contributed by atoms with Crippen LogP contribution >= 0.6 is 0 Å². The van der Waals surface area contributed by atoms with Crippen molar-refractivity contribution in [2.75, 3.05) is 0 Å². The minimum atomic E-state index is 0.193. The van der Waals surface area contributed by atoms with E-state index >= 15 is 0 Å². The molecule has 0 unspecified atom stereocenters. The molecule has 0 aromatic heterocycles. The molecule has 0 saturated heterocycles. The highest BCUT2D eigenvalue weighted by Crippen LogP contribution is 2.61. The molecule has 2 aliphatic rings. The highest BCUT2D eigenvalue weighted by atomic mass is 16.1. The first-order valence-corrected chi connectivity index (χ1v) is 6.57. The van der Waals surface area contributed by atoms with Gasteiger partial charge in [0.1, 0.15) is 6.29 Å². The lowest BCUT2D eigenvalue weighted by Gasteiger charge is -2.56. The van der Waals surface area contributed by atoms with Crippen LogP contribution in [0, 0.1) is 22.7 Å². The zero-order valence-electron chi connectivity index (χ0n) is 10.9. The van der Waals surface area contributed by atoms with E-state index in [2.05, 4.69) is 27.4 Å². The van der Waals surface area contributed by atoms with Crippen molar-refractivity contribution >= 4 is 6.29 Å². The van der Waals surface area contributed by atoms with Crippen LogP contribution in [0.2, 0.25) is 0 Å². The maximum absolute atomic E-state index is 10.9. The summed E-state index contributed by atoms with van der Waals surface area (Å²) in [6, 6.07) is 0. The van der Waals surface area contributed by atoms with Gasteiger partial charge in [-0.2, -0.15) is 0 Å². The van der Waals surface area contributed by atoms with Crippen LogP contribution in [0.4, 0.5) is 0 Å². The van der Waals surface area contributed by atoms with Crippen LogP contribution in [0.1, 0.15) is 52.9 Å². The Kier molecular flexibility index (Phi) is 2.76. The van der Waals surface area contributed by atoms with E-state index in [-0.39, 0.29) is 5.41 Å². The Bertz CT molecular complexity index is 319. The van der Waals surface area contributed by atoms with E-state index < -0.39 is 0 Å². The lowest BCUT2D eigenvalue weighted by atomic mass is 9.48. The number of carbonyl (C=O) groups is 1. The normalized spacial score (nSPS) is 47.8. The van der Waals surface area contributed by atoms with Gasteiger partial charge in [-0.3, -0.25) is 0 Å². The average Bonchev–Trinajstić information content (AvgIpc) is 2.23. The molecule has 2 aliphatic carbocycles. The number of hydrogen-bond donors (Lipinski definition) is 0. The molecule has 2 saturated carbocycles. The third-order valence-corrected chi connectivity index (χ3v) is 5.74. The number of allylic oxidation sites excluding steroid dienone is 1. The van der Waals surface area contributed by atoms with Gasteiger partial charge >= 0.3 is 0 Å². The maximum atomic E-state index is 10.9. The predicted octanol–water partition coefficient (Wildman–Crippen LogP) is 3.98. The van der Waals surface area contributed by atoms with E-state index in [1.807, 2.05) is 0 Å². The van der Waals surface area contributed by atoms with Crippen LogP contribution in [0.25, 0.3) is 0 Å². The summed E-state index contributed by atoms with van der Waals surface area (Å²) >= 11 is 0. The lowest BCUT2D eigenvalue weighted by molar-refractivity contribution is -0.111. The van der Waals surface area contributed by atoms with Gasteiger partial charge < -0.3 is 4.79 Å². The highest BCUT2D eigenvalue weighted by Gasteiger charge is 2.51.